The summed E-state index contributed by atoms with van der Waals surface area (Å²) in [7, 11) is -3.58. The molecule has 0 aliphatic heterocycles. The second kappa shape index (κ2) is 8.02. The molecule has 0 atom stereocenters. The average Bonchev–Trinajstić information content (AvgIpc) is 3.42. The quantitative estimate of drug-likeness (QED) is 0.466. The van der Waals surface area contributed by atoms with Gasteiger partial charge in [-0.2, -0.15) is 5.10 Å². The minimum Gasteiger partial charge on any atom is -0.339 e. The van der Waals surface area contributed by atoms with Crippen LogP contribution in [0.2, 0.25) is 0 Å². The Labute approximate surface area is 172 Å². The molecule has 0 aliphatic carbocycles. The molecule has 29 heavy (non-hydrogen) atoms. The van der Waals surface area contributed by atoms with Gasteiger partial charge in [0, 0.05) is 28.6 Å². The van der Waals surface area contributed by atoms with Crippen LogP contribution in [0.5, 0.6) is 0 Å². The van der Waals surface area contributed by atoms with Gasteiger partial charge in [-0.15, -0.1) is 21.5 Å². The molecule has 0 bridgehead atoms. The van der Waals surface area contributed by atoms with Crippen LogP contribution >= 0.6 is 11.3 Å². The van der Waals surface area contributed by atoms with Crippen molar-refractivity contribution in [1.29, 1.82) is 0 Å². The summed E-state index contributed by atoms with van der Waals surface area (Å²) in [6, 6.07) is 15.8. The van der Waals surface area contributed by atoms with Gasteiger partial charge in [-0.05, 0) is 61.0 Å². The summed E-state index contributed by atoms with van der Waals surface area (Å²) in [6.07, 6.45) is 4.27. The monoisotopic (exact) mass is 426 g/mol. The van der Waals surface area contributed by atoms with Crippen LogP contribution in [0.15, 0.2) is 71.2 Å². The number of hydrogen-bond donors (Lipinski definition) is 2. The molecule has 0 amide bonds. The number of hydrogen-bond acceptors (Lipinski definition) is 7. The number of nitrogens with one attached hydrogen (secondary N) is 2. The molecule has 0 fully saturated rings. The van der Waals surface area contributed by atoms with Gasteiger partial charge in [0.15, 0.2) is 11.6 Å². The lowest BCUT2D eigenvalue weighted by Crippen LogP contribution is -2.11. The highest BCUT2D eigenvalue weighted by Crippen LogP contribution is 2.25. The van der Waals surface area contributed by atoms with Crippen LogP contribution in [-0.2, 0) is 16.4 Å². The number of rotatable bonds is 7. The first kappa shape index (κ1) is 19.1. The summed E-state index contributed by atoms with van der Waals surface area (Å²) in [6.45, 7) is 2.00. The fourth-order valence-electron chi connectivity index (χ4n) is 2.59. The van der Waals surface area contributed by atoms with Crippen LogP contribution in [0, 0.1) is 0 Å². The van der Waals surface area contributed by atoms with Gasteiger partial charge >= 0.3 is 0 Å². The Balaban J connectivity index is 1.42. The van der Waals surface area contributed by atoms with E-state index in [1.807, 2.05) is 19.1 Å². The third kappa shape index (κ3) is 4.44. The fourth-order valence-corrected chi connectivity index (χ4v) is 4.94. The van der Waals surface area contributed by atoms with Crippen LogP contribution in [0.3, 0.4) is 0 Å². The molecule has 0 saturated carbocycles. The number of aromatic nitrogens is 4. The highest BCUT2D eigenvalue weighted by molar-refractivity contribution is 7.94. The van der Waals surface area contributed by atoms with E-state index < -0.39 is 10.0 Å². The standard InChI is InChI=1S/C19H18N6O2S2/c1-2-16-8-11-19(28-16)29(26,27)24-15-6-4-14(5-7-15)21-17-9-10-18(23-22-17)25-13-3-12-20-25/h3-13,24H,2H2,1H3,(H,21,22). The van der Waals surface area contributed by atoms with Gasteiger partial charge in [-0.3, -0.25) is 4.72 Å². The summed E-state index contributed by atoms with van der Waals surface area (Å²) in [5, 5.41) is 15.5. The maximum Gasteiger partial charge on any atom is 0.271 e. The first-order valence-electron chi connectivity index (χ1n) is 8.86. The Morgan fingerprint density at radius 2 is 1.79 bits per heavy atom. The Kier molecular flexibility index (Phi) is 5.28. The van der Waals surface area contributed by atoms with Crippen molar-refractivity contribution in [2.24, 2.45) is 0 Å². The van der Waals surface area contributed by atoms with Crippen LogP contribution in [0.1, 0.15) is 11.8 Å². The van der Waals surface area contributed by atoms with Crippen LogP contribution < -0.4 is 10.0 Å². The number of benzene rings is 1. The highest BCUT2D eigenvalue weighted by Gasteiger charge is 2.16. The predicted octanol–water partition coefficient (Wildman–Crippen LogP) is 3.83. The number of aryl methyl sites for hydroxylation is 1. The Morgan fingerprint density at radius 1 is 1.00 bits per heavy atom. The Hall–Kier alpha value is -3.24. The second-order valence-corrected chi connectivity index (χ2v) is 9.19. The van der Waals surface area contributed by atoms with Crippen LogP contribution in [0.4, 0.5) is 17.2 Å². The number of anilines is 3. The zero-order valence-corrected chi connectivity index (χ0v) is 17.1. The van der Waals surface area contributed by atoms with E-state index in [0.717, 1.165) is 17.0 Å². The Bertz CT molecular complexity index is 1180. The summed E-state index contributed by atoms with van der Waals surface area (Å²) >= 11 is 1.28. The molecular formula is C19H18N6O2S2. The molecule has 2 N–H and O–H groups in total. The lowest BCUT2D eigenvalue weighted by Gasteiger charge is -2.09. The van der Waals surface area contributed by atoms with Gasteiger partial charge in [0.1, 0.15) is 4.21 Å². The molecule has 3 heterocycles. The molecule has 0 saturated heterocycles. The molecule has 0 radical (unpaired) electrons. The van der Waals surface area contributed by atoms with Crippen LogP contribution in [0.25, 0.3) is 5.82 Å². The van der Waals surface area contributed by atoms with E-state index >= 15 is 0 Å². The Morgan fingerprint density at radius 3 is 2.41 bits per heavy atom. The molecule has 1 aromatic carbocycles. The van der Waals surface area contributed by atoms with Crippen molar-refractivity contribution < 1.29 is 8.42 Å². The van der Waals surface area contributed by atoms with Crippen molar-refractivity contribution in [3.63, 3.8) is 0 Å². The van der Waals surface area contributed by atoms with Crippen LogP contribution in [-0.4, -0.2) is 28.4 Å². The maximum absolute atomic E-state index is 12.5. The first-order chi connectivity index (χ1) is 14.0. The van der Waals surface area contributed by atoms with E-state index in [0.29, 0.717) is 21.5 Å². The molecule has 4 aromatic rings. The minimum atomic E-state index is -3.58. The van der Waals surface area contributed by atoms with Gasteiger partial charge in [-0.25, -0.2) is 13.1 Å². The van der Waals surface area contributed by atoms with Crippen molar-refractivity contribution in [2.75, 3.05) is 10.0 Å². The van der Waals surface area contributed by atoms with Crippen molar-refractivity contribution >= 4 is 38.6 Å². The average molecular weight is 427 g/mol. The summed E-state index contributed by atoms with van der Waals surface area (Å²) in [4.78, 5) is 1.03. The topological polar surface area (TPSA) is 102 Å². The van der Waals surface area contributed by atoms with E-state index in [1.165, 1.54) is 11.3 Å². The molecule has 8 nitrogen and oxygen atoms in total. The van der Waals surface area contributed by atoms with E-state index in [1.54, 1.807) is 59.5 Å². The highest BCUT2D eigenvalue weighted by atomic mass is 32.2. The molecular weight excluding hydrogens is 408 g/mol. The molecule has 0 aliphatic rings. The predicted molar refractivity (Wildman–Crippen MR) is 113 cm³/mol. The third-order valence-electron chi connectivity index (χ3n) is 4.05. The molecule has 148 valence electrons. The van der Waals surface area contributed by atoms with E-state index in [4.69, 9.17) is 0 Å². The normalized spacial score (nSPS) is 11.3. The summed E-state index contributed by atoms with van der Waals surface area (Å²) in [5.41, 5.74) is 1.25. The van der Waals surface area contributed by atoms with Gasteiger partial charge in [0.25, 0.3) is 10.0 Å². The molecule has 0 unspecified atom stereocenters. The van der Waals surface area contributed by atoms with Gasteiger partial charge in [0.2, 0.25) is 0 Å². The second-order valence-electron chi connectivity index (χ2n) is 6.11. The first-order valence-corrected chi connectivity index (χ1v) is 11.2. The van der Waals surface area contributed by atoms with Gasteiger partial charge in [0.05, 0.1) is 0 Å². The number of thiophene rings is 1. The molecule has 3 aromatic heterocycles. The zero-order valence-electron chi connectivity index (χ0n) is 15.5. The SMILES string of the molecule is CCc1ccc(S(=O)(=O)Nc2ccc(Nc3ccc(-n4cccn4)nn3)cc2)s1. The van der Waals surface area contributed by atoms with Crippen molar-refractivity contribution in [1.82, 2.24) is 20.0 Å². The summed E-state index contributed by atoms with van der Waals surface area (Å²) in [5.74, 6) is 1.19. The lowest BCUT2D eigenvalue weighted by molar-refractivity contribution is 0.603. The number of nitrogens with zero attached hydrogens (tertiary/aromatic N) is 4. The van der Waals surface area contributed by atoms with E-state index in [9.17, 15) is 8.42 Å². The fraction of sp³-hybridized carbons (Fsp3) is 0.105. The van der Waals surface area contributed by atoms with Crippen molar-refractivity contribution in [2.45, 2.75) is 17.6 Å². The molecule has 10 heteroatoms. The van der Waals surface area contributed by atoms with Gasteiger partial charge < -0.3 is 5.32 Å². The number of sulfonamides is 1. The molecule has 4 rings (SSSR count). The van der Waals surface area contributed by atoms with E-state index in [-0.39, 0.29) is 0 Å². The lowest BCUT2D eigenvalue weighted by atomic mass is 10.3. The van der Waals surface area contributed by atoms with Crippen molar-refractivity contribution in [3.8, 4) is 5.82 Å². The maximum atomic E-state index is 12.5. The van der Waals surface area contributed by atoms with Gasteiger partial charge in [-0.1, -0.05) is 6.92 Å². The third-order valence-corrected chi connectivity index (χ3v) is 7.15. The van der Waals surface area contributed by atoms with Crippen molar-refractivity contribution in [3.05, 3.63) is 71.9 Å². The smallest absolute Gasteiger partial charge is 0.271 e. The summed E-state index contributed by atoms with van der Waals surface area (Å²) < 4.78 is 29.5. The van der Waals surface area contributed by atoms with E-state index in [2.05, 4.69) is 25.3 Å². The largest absolute Gasteiger partial charge is 0.339 e. The zero-order chi connectivity index (χ0) is 20.3. The molecule has 0 spiro atoms. The minimum absolute atomic E-state index is 0.309.